The van der Waals surface area contributed by atoms with Crippen molar-refractivity contribution < 1.29 is 9.59 Å². The van der Waals surface area contributed by atoms with Crippen LogP contribution in [0.1, 0.15) is 5.56 Å². The normalized spacial score (nSPS) is 16.2. The highest BCUT2D eigenvalue weighted by Gasteiger charge is 2.34. The van der Waals surface area contributed by atoms with Crippen molar-refractivity contribution in [3.63, 3.8) is 0 Å². The van der Waals surface area contributed by atoms with Gasteiger partial charge in [-0.05, 0) is 41.6 Å². The van der Waals surface area contributed by atoms with E-state index in [1.807, 2.05) is 42.5 Å². The number of rotatable bonds is 4. The molecule has 0 aromatic heterocycles. The SMILES string of the molecule is O=C1SC(=Cc2ccccc2Cl)C(=O)N1CNc1ccccc1. The third-order valence-electron chi connectivity index (χ3n) is 3.28. The van der Waals surface area contributed by atoms with E-state index < -0.39 is 0 Å². The molecule has 1 N–H and O–H groups in total. The lowest BCUT2D eigenvalue weighted by Gasteiger charge is -2.14. The molecule has 2 aromatic rings. The summed E-state index contributed by atoms with van der Waals surface area (Å²) in [5, 5.41) is 3.31. The molecule has 0 spiro atoms. The van der Waals surface area contributed by atoms with Gasteiger partial charge in [-0.3, -0.25) is 14.5 Å². The number of hydrogen-bond acceptors (Lipinski definition) is 4. The number of imide groups is 1. The van der Waals surface area contributed by atoms with Crippen LogP contribution in [0.25, 0.3) is 6.08 Å². The first-order chi connectivity index (χ1) is 11.1. The van der Waals surface area contributed by atoms with Gasteiger partial charge >= 0.3 is 0 Å². The molecule has 0 bridgehead atoms. The Morgan fingerprint density at radius 2 is 1.74 bits per heavy atom. The van der Waals surface area contributed by atoms with E-state index in [4.69, 9.17) is 11.6 Å². The Bertz CT molecular complexity index is 777. The fraction of sp³-hybridized carbons (Fsp3) is 0.0588. The maximum absolute atomic E-state index is 12.4. The van der Waals surface area contributed by atoms with Crippen LogP contribution in [0.5, 0.6) is 0 Å². The van der Waals surface area contributed by atoms with Crippen molar-refractivity contribution >= 4 is 46.3 Å². The van der Waals surface area contributed by atoms with Crippen molar-refractivity contribution in [2.75, 3.05) is 12.0 Å². The number of anilines is 1. The minimum absolute atomic E-state index is 0.133. The largest absolute Gasteiger partial charge is 0.367 e. The number of amides is 2. The van der Waals surface area contributed by atoms with Crippen LogP contribution >= 0.6 is 23.4 Å². The van der Waals surface area contributed by atoms with Crippen LogP contribution in [-0.2, 0) is 4.79 Å². The first-order valence-electron chi connectivity index (χ1n) is 6.94. The molecule has 6 heteroatoms. The van der Waals surface area contributed by atoms with Gasteiger partial charge in [0.05, 0.1) is 11.6 Å². The quantitative estimate of drug-likeness (QED) is 0.833. The fourth-order valence-corrected chi connectivity index (χ4v) is 3.12. The number of hydrogen-bond donors (Lipinski definition) is 1. The van der Waals surface area contributed by atoms with Crippen molar-refractivity contribution in [1.82, 2.24) is 4.90 Å². The summed E-state index contributed by atoms with van der Waals surface area (Å²) in [6, 6.07) is 16.6. The lowest BCUT2D eigenvalue weighted by Crippen LogP contribution is -2.33. The highest BCUT2D eigenvalue weighted by atomic mass is 35.5. The molecule has 1 aliphatic heterocycles. The van der Waals surface area contributed by atoms with Crippen LogP contribution in [-0.4, -0.2) is 22.7 Å². The lowest BCUT2D eigenvalue weighted by molar-refractivity contribution is -0.122. The number of nitrogens with zero attached hydrogens (tertiary/aromatic N) is 1. The monoisotopic (exact) mass is 344 g/mol. The summed E-state index contributed by atoms with van der Waals surface area (Å²) in [7, 11) is 0. The number of para-hydroxylation sites is 1. The van der Waals surface area contributed by atoms with E-state index in [0.29, 0.717) is 9.93 Å². The molecule has 0 unspecified atom stereocenters. The molecule has 0 radical (unpaired) electrons. The number of benzene rings is 2. The zero-order valence-electron chi connectivity index (χ0n) is 12.0. The second-order valence-electron chi connectivity index (χ2n) is 4.83. The number of nitrogens with one attached hydrogen (secondary N) is 1. The molecule has 3 rings (SSSR count). The Kier molecular flexibility index (Phi) is 4.69. The Labute approximate surface area is 143 Å². The molecular formula is C17H13ClN2O2S. The molecule has 1 heterocycles. The first-order valence-corrected chi connectivity index (χ1v) is 8.13. The smallest absolute Gasteiger partial charge is 0.295 e. The number of carbonyl (C=O) groups is 2. The van der Waals surface area contributed by atoms with Crippen molar-refractivity contribution in [2.45, 2.75) is 0 Å². The molecule has 23 heavy (non-hydrogen) atoms. The van der Waals surface area contributed by atoms with Gasteiger partial charge in [0.2, 0.25) is 0 Å². The van der Waals surface area contributed by atoms with Gasteiger partial charge in [-0.25, -0.2) is 0 Å². The van der Waals surface area contributed by atoms with Crippen molar-refractivity contribution in [3.05, 3.63) is 70.1 Å². The van der Waals surface area contributed by atoms with Crippen LogP contribution in [0.4, 0.5) is 10.5 Å². The van der Waals surface area contributed by atoms with Crippen LogP contribution in [0.3, 0.4) is 0 Å². The minimum atomic E-state index is -0.316. The van der Waals surface area contributed by atoms with Crippen LogP contribution < -0.4 is 5.32 Å². The molecule has 116 valence electrons. The van der Waals surface area contributed by atoms with E-state index in [9.17, 15) is 9.59 Å². The van der Waals surface area contributed by atoms with E-state index in [0.717, 1.165) is 23.0 Å². The van der Waals surface area contributed by atoms with Gasteiger partial charge in [0, 0.05) is 10.7 Å². The van der Waals surface area contributed by atoms with Crippen LogP contribution in [0.15, 0.2) is 59.5 Å². The molecule has 1 aliphatic rings. The summed E-state index contributed by atoms with van der Waals surface area (Å²) in [6.07, 6.45) is 1.65. The molecule has 0 atom stereocenters. The number of thioether (sulfide) groups is 1. The predicted octanol–water partition coefficient (Wildman–Crippen LogP) is 4.45. The second-order valence-corrected chi connectivity index (χ2v) is 6.23. The summed E-state index contributed by atoms with van der Waals surface area (Å²) < 4.78 is 0. The van der Waals surface area contributed by atoms with Crippen molar-refractivity contribution in [2.24, 2.45) is 0 Å². The topological polar surface area (TPSA) is 49.4 Å². The van der Waals surface area contributed by atoms with E-state index >= 15 is 0 Å². The summed E-state index contributed by atoms with van der Waals surface area (Å²) in [5.41, 5.74) is 1.57. The van der Waals surface area contributed by atoms with Crippen LogP contribution in [0, 0.1) is 0 Å². The summed E-state index contributed by atoms with van der Waals surface area (Å²) >= 11 is 7.01. The lowest BCUT2D eigenvalue weighted by atomic mass is 10.2. The average molecular weight is 345 g/mol. The summed E-state index contributed by atoms with van der Waals surface area (Å²) in [5.74, 6) is -0.316. The van der Waals surface area contributed by atoms with Gasteiger partial charge in [-0.2, -0.15) is 0 Å². The fourth-order valence-electron chi connectivity index (χ4n) is 2.10. The Hall–Kier alpha value is -2.24. The second kappa shape index (κ2) is 6.89. The maximum atomic E-state index is 12.4. The molecule has 4 nitrogen and oxygen atoms in total. The standard InChI is InChI=1S/C17H13ClN2O2S/c18-14-9-5-4-6-12(14)10-15-16(21)20(17(22)23-15)11-19-13-7-2-1-3-8-13/h1-10,19H,11H2. The number of halogens is 1. The van der Waals surface area contributed by atoms with Gasteiger partial charge < -0.3 is 5.32 Å². The molecule has 1 fully saturated rings. The summed E-state index contributed by atoms with van der Waals surface area (Å²) in [4.78, 5) is 26.0. The maximum Gasteiger partial charge on any atom is 0.295 e. The third kappa shape index (κ3) is 3.57. The molecule has 1 saturated heterocycles. The molecule has 2 amide bonds. The van der Waals surface area contributed by atoms with Gasteiger partial charge in [0.25, 0.3) is 11.1 Å². The molecule has 2 aromatic carbocycles. The zero-order chi connectivity index (χ0) is 16.2. The molecule has 0 saturated carbocycles. The Morgan fingerprint density at radius 1 is 1.04 bits per heavy atom. The average Bonchev–Trinajstić information content (AvgIpc) is 2.82. The van der Waals surface area contributed by atoms with E-state index in [1.165, 1.54) is 4.90 Å². The van der Waals surface area contributed by atoms with Crippen LogP contribution in [0.2, 0.25) is 5.02 Å². The highest BCUT2D eigenvalue weighted by Crippen LogP contribution is 2.33. The first kappa shape index (κ1) is 15.6. The highest BCUT2D eigenvalue weighted by molar-refractivity contribution is 8.18. The Balaban J connectivity index is 1.74. The summed E-state index contributed by atoms with van der Waals surface area (Å²) in [6.45, 7) is 0.133. The predicted molar refractivity (Wildman–Crippen MR) is 94.2 cm³/mol. The van der Waals surface area contributed by atoms with Gasteiger partial charge in [-0.15, -0.1) is 0 Å². The molecule has 0 aliphatic carbocycles. The van der Waals surface area contributed by atoms with Crippen molar-refractivity contribution in [3.8, 4) is 0 Å². The number of carbonyl (C=O) groups excluding carboxylic acids is 2. The van der Waals surface area contributed by atoms with E-state index in [-0.39, 0.29) is 17.8 Å². The minimum Gasteiger partial charge on any atom is -0.367 e. The van der Waals surface area contributed by atoms with Gasteiger partial charge in [0.15, 0.2) is 0 Å². The molecular weight excluding hydrogens is 332 g/mol. The van der Waals surface area contributed by atoms with E-state index in [2.05, 4.69) is 5.32 Å². The third-order valence-corrected chi connectivity index (χ3v) is 4.53. The zero-order valence-corrected chi connectivity index (χ0v) is 13.6. The van der Waals surface area contributed by atoms with E-state index in [1.54, 1.807) is 18.2 Å². The Morgan fingerprint density at radius 3 is 2.48 bits per heavy atom. The van der Waals surface area contributed by atoms with Gasteiger partial charge in [0.1, 0.15) is 0 Å². The van der Waals surface area contributed by atoms with Gasteiger partial charge in [-0.1, -0.05) is 48.0 Å². The van der Waals surface area contributed by atoms with Crippen molar-refractivity contribution in [1.29, 1.82) is 0 Å².